The fourth-order valence-electron chi connectivity index (χ4n) is 2.34. The quantitative estimate of drug-likeness (QED) is 0.870. The van der Waals surface area contributed by atoms with Gasteiger partial charge in [0.05, 0.1) is 13.3 Å². The Morgan fingerprint density at radius 2 is 2.06 bits per heavy atom. The Labute approximate surface area is 105 Å². The highest BCUT2D eigenvalue weighted by Crippen LogP contribution is 2.28. The van der Waals surface area contributed by atoms with E-state index < -0.39 is 0 Å². The molecular weight excluding hydrogens is 232 g/mol. The standard InChI is InChI=1S/C11H16N6O/c1-16-9(8-7-12-14-10(8)18-2)13-15-11(16)17-5-3-4-6-17/h7H,3-6H2,1-2H3,(H,12,14). The van der Waals surface area contributed by atoms with Crippen LogP contribution in [0.2, 0.25) is 0 Å². The maximum atomic E-state index is 5.22. The molecule has 2 aromatic rings. The van der Waals surface area contributed by atoms with Crippen molar-refractivity contribution in [1.82, 2.24) is 25.0 Å². The first-order chi connectivity index (χ1) is 8.81. The van der Waals surface area contributed by atoms with Crippen molar-refractivity contribution in [3.8, 4) is 17.3 Å². The number of ether oxygens (including phenoxy) is 1. The summed E-state index contributed by atoms with van der Waals surface area (Å²) in [6.45, 7) is 2.10. The molecule has 1 aliphatic rings. The predicted octanol–water partition coefficient (Wildman–Crippen LogP) is 0.814. The van der Waals surface area contributed by atoms with Crippen molar-refractivity contribution in [2.24, 2.45) is 7.05 Å². The lowest BCUT2D eigenvalue weighted by Gasteiger charge is -2.15. The van der Waals surface area contributed by atoms with Crippen molar-refractivity contribution >= 4 is 5.95 Å². The zero-order valence-electron chi connectivity index (χ0n) is 10.6. The van der Waals surface area contributed by atoms with Gasteiger partial charge in [-0.15, -0.1) is 10.2 Å². The van der Waals surface area contributed by atoms with Crippen molar-refractivity contribution in [3.05, 3.63) is 6.20 Å². The molecular formula is C11H16N6O. The lowest BCUT2D eigenvalue weighted by atomic mass is 10.3. The fraction of sp³-hybridized carbons (Fsp3) is 0.545. The second kappa shape index (κ2) is 4.32. The van der Waals surface area contributed by atoms with E-state index in [2.05, 4.69) is 25.3 Å². The summed E-state index contributed by atoms with van der Waals surface area (Å²) < 4.78 is 7.20. The van der Waals surface area contributed by atoms with Gasteiger partial charge >= 0.3 is 0 Å². The van der Waals surface area contributed by atoms with Gasteiger partial charge in [0.25, 0.3) is 0 Å². The van der Waals surface area contributed by atoms with Gasteiger partial charge in [-0.3, -0.25) is 4.57 Å². The van der Waals surface area contributed by atoms with Gasteiger partial charge < -0.3 is 9.64 Å². The van der Waals surface area contributed by atoms with E-state index in [0.717, 1.165) is 30.4 Å². The minimum Gasteiger partial charge on any atom is -0.481 e. The van der Waals surface area contributed by atoms with E-state index in [-0.39, 0.29) is 0 Å². The highest BCUT2D eigenvalue weighted by atomic mass is 16.5. The first-order valence-corrected chi connectivity index (χ1v) is 6.03. The van der Waals surface area contributed by atoms with Crippen LogP contribution in [0.3, 0.4) is 0 Å². The van der Waals surface area contributed by atoms with E-state index in [1.807, 2.05) is 11.6 Å². The summed E-state index contributed by atoms with van der Waals surface area (Å²) in [4.78, 5) is 2.25. The van der Waals surface area contributed by atoms with Crippen molar-refractivity contribution in [2.75, 3.05) is 25.1 Å². The topological polar surface area (TPSA) is 71.9 Å². The molecule has 0 spiro atoms. The molecule has 7 heteroatoms. The third kappa shape index (κ3) is 1.62. The minimum absolute atomic E-state index is 0.610. The monoisotopic (exact) mass is 248 g/mol. The largest absolute Gasteiger partial charge is 0.481 e. The van der Waals surface area contributed by atoms with Crippen molar-refractivity contribution in [2.45, 2.75) is 12.8 Å². The Hall–Kier alpha value is -2.05. The molecule has 1 fully saturated rings. The number of nitrogens with zero attached hydrogens (tertiary/aromatic N) is 5. The molecule has 96 valence electrons. The molecule has 0 bridgehead atoms. The Morgan fingerprint density at radius 3 is 2.78 bits per heavy atom. The summed E-state index contributed by atoms with van der Waals surface area (Å²) in [7, 11) is 3.57. The van der Waals surface area contributed by atoms with Crippen LogP contribution >= 0.6 is 0 Å². The average molecular weight is 248 g/mol. The molecule has 0 saturated carbocycles. The molecule has 3 heterocycles. The highest BCUT2D eigenvalue weighted by molar-refractivity contribution is 5.62. The Morgan fingerprint density at radius 1 is 1.28 bits per heavy atom. The molecule has 1 N–H and O–H groups in total. The maximum absolute atomic E-state index is 5.22. The van der Waals surface area contributed by atoms with Crippen LogP contribution in [-0.4, -0.2) is 45.2 Å². The van der Waals surface area contributed by atoms with Crippen LogP contribution in [-0.2, 0) is 7.05 Å². The van der Waals surface area contributed by atoms with E-state index in [4.69, 9.17) is 4.74 Å². The first kappa shape index (κ1) is 11.1. The predicted molar refractivity (Wildman–Crippen MR) is 66.6 cm³/mol. The summed E-state index contributed by atoms with van der Waals surface area (Å²) in [6.07, 6.45) is 4.14. The summed E-state index contributed by atoms with van der Waals surface area (Å²) in [5.74, 6) is 2.28. The van der Waals surface area contributed by atoms with Crippen molar-refractivity contribution < 1.29 is 4.74 Å². The average Bonchev–Trinajstić information content (AvgIpc) is 3.07. The Kier molecular flexibility index (Phi) is 2.66. The van der Waals surface area contributed by atoms with Crippen LogP contribution in [0.15, 0.2) is 6.20 Å². The smallest absolute Gasteiger partial charge is 0.227 e. The summed E-state index contributed by atoms with van der Waals surface area (Å²) in [6, 6.07) is 0. The number of hydrogen-bond donors (Lipinski definition) is 1. The van der Waals surface area contributed by atoms with Gasteiger partial charge in [0.15, 0.2) is 5.82 Å². The van der Waals surface area contributed by atoms with Gasteiger partial charge in [0.2, 0.25) is 11.8 Å². The molecule has 0 radical (unpaired) electrons. The zero-order valence-corrected chi connectivity index (χ0v) is 10.6. The maximum Gasteiger partial charge on any atom is 0.227 e. The van der Waals surface area contributed by atoms with Crippen molar-refractivity contribution in [3.63, 3.8) is 0 Å². The third-order valence-electron chi connectivity index (χ3n) is 3.29. The lowest BCUT2D eigenvalue weighted by Crippen LogP contribution is -2.21. The van der Waals surface area contributed by atoms with Crippen LogP contribution in [0.1, 0.15) is 12.8 Å². The number of hydrogen-bond acceptors (Lipinski definition) is 5. The number of nitrogens with one attached hydrogen (secondary N) is 1. The van der Waals surface area contributed by atoms with Gasteiger partial charge in [0.1, 0.15) is 5.56 Å². The van der Waals surface area contributed by atoms with E-state index in [0.29, 0.717) is 5.88 Å². The fourth-order valence-corrected chi connectivity index (χ4v) is 2.34. The molecule has 0 aliphatic carbocycles. The van der Waals surface area contributed by atoms with Crippen LogP contribution in [0, 0.1) is 0 Å². The van der Waals surface area contributed by atoms with Crippen LogP contribution in [0.4, 0.5) is 5.95 Å². The minimum atomic E-state index is 0.610. The second-order valence-electron chi connectivity index (χ2n) is 4.39. The zero-order chi connectivity index (χ0) is 12.5. The number of methoxy groups -OCH3 is 1. The van der Waals surface area contributed by atoms with Gasteiger partial charge in [-0.05, 0) is 12.8 Å². The van der Waals surface area contributed by atoms with E-state index in [1.54, 1.807) is 13.3 Å². The molecule has 0 atom stereocenters. The highest BCUT2D eigenvalue weighted by Gasteiger charge is 2.21. The molecule has 1 saturated heterocycles. The number of rotatable bonds is 3. The number of aromatic nitrogens is 5. The molecule has 0 unspecified atom stereocenters. The van der Waals surface area contributed by atoms with Gasteiger partial charge in [-0.1, -0.05) is 0 Å². The normalized spacial score (nSPS) is 15.3. The van der Waals surface area contributed by atoms with Gasteiger partial charge in [0, 0.05) is 20.1 Å². The van der Waals surface area contributed by atoms with Gasteiger partial charge in [-0.25, -0.2) is 5.10 Å². The van der Waals surface area contributed by atoms with Gasteiger partial charge in [-0.2, -0.15) is 5.10 Å². The van der Waals surface area contributed by atoms with Crippen molar-refractivity contribution in [1.29, 1.82) is 0 Å². The molecule has 18 heavy (non-hydrogen) atoms. The number of aromatic amines is 1. The second-order valence-corrected chi connectivity index (χ2v) is 4.39. The SMILES string of the molecule is COc1[nH]ncc1-c1nnc(N2CCCC2)n1C. The molecule has 3 rings (SSSR count). The van der Waals surface area contributed by atoms with Crippen LogP contribution in [0.5, 0.6) is 5.88 Å². The Balaban J connectivity index is 1.98. The summed E-state index contributed by atoms with van der Waals surface area (Å²) in [5, 5.41) is 15.3. The lowest BCUT2D eigenvalue weighted by molar-refractivity contribution is 0.398. The molecule has 7 nitrogen and oxygen atoms in total. The molecule has 0 aromatic carbocycles. The molecule has 2 aromatic heterocycles. The van der Waals surface area contributed by atoms with E-state index >= 15 is 0 Å². The molecule has 1 aliphatic heterocycles. The molecule has 0 amide bonds. The summed E-state index contributed by atoms with van der Waals surface area (Å²) in [5.41, 5.74) is 0.831. The van der Waals surface area contributed by atoms with E-state index in [1.165, 1.54) is 12.8 Å². The summed E-state index contributed by atoms with van der Waals surface area (Å²) >= 11 is 0. The first-order valence-electron chi connectivity index (χ1n) is 6.03. The van der Waals surface area contributed by atoms with Crippen LogP contribution < -0.4 is 9.64 Å². The number of H-pyrrole nitrogens is 1. The Bertz CT molecular complexity index is 539. The van der Waals surface area contributed by atoms with Crippen LogP contribution in [0.25, 0.3) is 11.4 Å². The number of anilines is 1. The third-order valence-corrected chi connectivity index (χ3v) is 3.29. The van der Waals surface area contributed by atoms with E-state index in [9.17, 15) is 0 Å².